The second-order valence-electron chi connectivity index (χ2n) is 2.49. The maximum atomic E-state index is 10.7. The molecular formula is C7H13KNO4S. The van der Waals surface area contributed by atoms with Crippen molar-refractivity contribution in [2.24, 2.45) is 0 Å². The number of carbonyl (C=O) groups is 1. The summed E-state index contributed by atoms with van der Waals surface area (Å²) in [5.74, 6) is -0.456. The van der Waals surface area contributed by atoms with Crippen LogP contribution in [0, 0.1) is 0 Å². The smallest absolute Gasteiger partial charge is 0.269 e. The van der Waals surface area contributed by atoms with Gasteiger partial charge in [0.1, 0.15) is 5.25 Å². The molecule has 77 valence electrons. The van der Waals surface area contributed by atoms with Crippen molar-refractivity contribution in [2.75, 3.05) is 6.54 Å². The SMILES string of the molecule is C=CC(=O)NCC(CC)S(=O)(=O)O.[K]. The van der Waals surface area contributed by atoms with Gasteiger partial charge in [0, 0.05) is 57.9 Å². The van der Waals surface area contributed by atoms with Gasteiger partial charge < -0.3 is 5.32 Å². The summed E-state index contributed by atoms with van der Waals surface area (Å²) >= 11 is 0. The van der Waals surface area contributed by atoms with Crippen molar-refractivity contribution >= 4 is 67.4 Å². The number of nitrogens with one attached hydrogen (secondary N) is 1. The first-order valence-corrected chi connectivity index (χ1v) is 5.28. The average molecular weight is 246 g/mol. The number of amides is 1. The molecule has 0 aromatic rings. The fourth-order valence-electron chi connectivity index (χ4n) is 0.747. The molecule has 0 aliphatic heterocycles. The molecule has 0 aliphatic rings. The van der Waals surface area contributed by atoms with Gasteiger partial charge in [-0.1, -0.05) is 13.5 Å². The first-order chi connectivity index (χ1) is 5.91. The quantitative estimate of drug-likeness (QED) is 0.392. The molecule has 0 spiro atoms. The zero-order valence-electron chi connectivity index (χ0n) is 8.36. The molecule has 0 bridgehead atoms. The minimum Gasteiger partial charge on any atom is -0.351 e. The van der Waals surface area contributed by atoms with Crippen LogP contribution < -0.4 is 5.32 Å². The third-order valence-electron chi connectivity index (χ3n) is 1.57. The molecule has 0 heterocycles. The van der Waals surface area contributed by atoms with E-state index in [4.69, 9.17) is 4.55 Å². The Labute approximate surface area is 127 Å². The summed E-state index contributed by atoms with van der Waals surface area (Å²) in [6.07, 6.45) is 1.28. The van der Waals surface area contributed by atoms with E-state index in [9.17, 15) is 13.2 Å². The molecule has 1 atom stereocenters. The monoisotopic (exact) mass is 246 g/mol. The number of hydrogen-bond acceptors (Lipinski definition) is 3. The van der Waals surface area contributed by atoms with E-state index in [1.54, 1.807) is 6.92 Å². The molecule has 0 saturated heterocycles. The Hall–Kier alpha value is 0.756. The van der Waals surface area contributed by atoms with Gasteiger partial charge in [-0.05, 0) is 12.5 Å². The van der Waals surface area contributed by atoms with Crippen LogP contribution in [0.25, 0.3) is 0 Å². The van der Waals surface area contributed by atoms with Crippen LogP contribution in [0.4, 0.5) is 0 Å². The van der Waals surface area contributed by atoms with Crippen LogP contribution in [-0.4, -0.2) is 82.1 Å². The van der Waals surface area contributed by atoms with Gasteiger partial charge in [0.2, 0.25) is 5.91 Å². The van der Waals surface area contributed by atoms with Gasteiger partial charge in [0.15, 0.2) is 0 Å². The first kappa shape index (κ1) is 17.2. The topological polar surface area (TPSA) is 83.5 Å². The third-order valence-corrected chi connectivity index (χ3v) is 2.91. The maximum absolute atomic E-state index is 10.7. The Morgan fingerprint density at radius 2 is 2.14 bits per heavy atom. The van der Waals surface area contributed by atoms with Crippen LogP contribution in [0.1, 0.15) is 13.3 Å². The van der Waals surface area contributed by atoms with Crippen LogP contribution in [-0.2, 0) is 14.9 Å². The molecule has 7 heteroatoms. The molecule has 1 unspecified atom stereocenters. The normalized spacial score (nSPS) is 12.4. The third kappa shape index (κ3) is 7.10. The summed E-state index contributed by atoms with van der Waals surface area (Å²) in [6.45, 7) is 4.72. The molecule has 1 amide bonds. The first-order valence-electron chi connectivity index (χ1n) is 3.78. The standard InChI is InChI=1S/C7H13NO4S.K/c1-3-6(13(10,11)12)5-8-7(9)4-2;/h4,6H,2-3,5H2,1H3,(H,8,9)(H,10,11,12);. The van der Waals surface area contributed by atoms with Crippen LogP contribution in [0.2, 0.25) is 0 Å². The summed E-state index contributed by atoms with van der Waals surface area (Å²) in [7, 11) is -4.07. The van der Waals surface area contributed by atoms with Crippen molar-refractivity contribution in [3.05, 3.63) is 12.7 Å². The van der Waals surface area contributed by atoms with E-state index in [0.717, 1.165) is 6.08 Å². The minimum absolute atomic E-state index is 0. The van der Waals surface area contributed by atoms with E-state index < -0.39 is 21.3 Å². The van der Waals surface area contributed by atoms with Crippen LogP contribution in [0.5, 0.6) is 0 Å². The Morgan fingerprint density at radius 1 is 1.64 bits per heavy atom. The fourth-order valence-corrected chi connectivity index (χ4v) is 1.46. The van der Waals surface area contributed by atoms with Gasteiger partial charge in [0.05, 0.1) is 0 Å². The molecule has 0 saturated carbocycles. The van der Waals surface area contributed by atoms with E-state index in [1.807, 2.05) is 0 Å². The largest absolute Gasteiger partial charge is 0.351 e. The van der Waals surface area contributed by atoms with Crippen LogP contribution in [0.15, 0.2) is 12.7 Å². The van der Waals surface area contributed by atoms with Gasteiger partial charge in [-0.15, -0.1) is 0 Å². The Morgan fingerprint density at radius 3 is 2.43 bits per heavy atom. The molecule has 0 rings (SSSR count). The van der Waals surface area contributed by atoms with Gasteiger partial charge >= 0.3 is 0 Å². The van der Waals surface area contributed by atoms with Crippen molar-refractivity contribution in [1.82, 2.24) is 5.32 Å². The summed E-state index contributed by atoms with van der Waals surface area (Å²) < 4.78 is 29.9. The van der Waals surface area contributed by atoms with Gasteiger partial charge in [-0.3, -0.25) is 9.35 Å². The van der Waals surface area contributed by atoms with Crippen LogP contribution >= 0.6 is 0 Å². The molecule has 2 N–H and O–H groups in total. The second kappa shape index (κ2) is 7.97. The van der Waals surface area contributed by atoms with Gasteiger partial charge in [-0.25, -0.2) is 0 Å². The number of hydrogen-bond donors (Lipinski definition) is 2. The molecule has 14 heavy (non-hydrogen) atoms. The molecule has 0 fully saturated rings. The summed E-state index contributed by atoms with van der Waals surface area (Å²) in [6, 6.07) is 0. The predicted octanol–water partition coefficient (Wildman–Crippen LogP) is -0.426. The molecule has 5 nitrogen and oxygen atoms in total. The van der Waals surface area contributed by atoms with Crippen molar-refractivity contribution in [2.45, 2.75) is 18.6 Å². The summed E-state index contributed by atoms with van der Waals surface area (Å²) in [5, 5.41) is 1.35. The van der Waals surface area contributed by atoms with Crippen molar-refractivity contribution in [1.29, 1.82) is 0 Å². The van der Waals surface area contributed by atoms with Crippen molar-refractivity contribution in [3.63, 3.8) is 0 Å². The minimum atomic E-state index is -4.07. The average Bonchev–Trinajstić information content (AvgIpc) is 2.02. The van der Waals surface area contributed by atoms with E-state index >= 15 is 0 Å². The van der Waals surface area contributed by atoms with Crippen LogP contribution in [0.3, 0.4) is 0 Å². The molecular weight excluding hydrogens is 233 g/mol. The van der Waals surface area contributed by atoms with E-state index in [2.05, 4.69) is 11.9 Å². The zero-order valence-corrected chi connectivity index (χ0v) is 12.3. The van der Waals surface area contributed by atoms with E-state index in [0.29, 0.717) is 0 Å². The van der Waals surface area contributed by atoms with E-state index in [1.165, 1.54) is 0 Å². The Kier molecular flexibility index (Phi) is 9.77. The Balaban J connectivity index is 0. The predicted molar refractivity (Wildman–Crippen MR) is 54.6 cm³/mol. The number of carbonyl (C=O) groups excluding carboxylic acids is 1. The second-order valence-corrected chi connectivity index (χ2v) is 4.19. The van der Waals surface area contributed by atoms with Crippen molar-refractivity contribution < 1.29 is 17.8 Å². The van der Waals surface area contributed by atoms with Crippen molar-refractivity contribution in [3.8, 4) is 0 Å². The molecule has 0 aromatic carbocycles. The fraction of sp³-hybridized carbons (Fsp3) is 0.571. The van der Waals surface area contributed by atoms with Gasteiger partial charge in [0.25, 0.3) is 10.1 Å². The number of rotatable bonds is 5. The molecule has 0 aliphatic carbocycles. The summed E-state index contributed by atoms with van der Waals surface area (Å²) in [5.41, 5.74) is 0. The maximum Gasteiger partial charge on any atom is 0.269 e. The van der Waals surface area contributed by atoms with E-state index in [-0.39, 0.29) is 64.4 Å². The summed E-state index contributed by atoms with van der Waals surface area (Å²) in [4.78, 5) is 10.7. The Bertz CT molecular complexity index is 288. The zero-order chi connectivity index (χ0) is 10.5. The molecule has 1 radical (unpaired) electrons. The van der Waals surface area contributed by atoms with Gasteiger partial charge in [-0.2, -0.15) is 8.42 Å². The molecule has 0 aromatic heterocycles.